The van der Waals surface area contributed by atoms with Crippen molar-refractivity contribution in [3.8, 4) is 0 Å². The lowest BCUT2D eigenvalue weighted by molar-refractivity contribution is -0.154. The molecular formula is C62H111N11O12. The van der Waals surface area contributed by atoms with Crippen molar-refractivity contribution in [2.75, 3.05) is 48.8 Å². The first kappa shape index (κ1) is 76.9. The normalized spacial score (nSPS) is 26.8. The fourth-order valence-corrected chi connectivity index (χ4v) is 10.6. The van der Waals surface area contributed by atoms with E-state index in [1.54, 1.807) is 54.5 Å². The molecule has 1 rings (SSSR count). The summed E-state index contributed by atoms with van der Waals surface area (Å²) in [5, 5.41) is 26.0. The zero-order valence-electron chi connectivity index (χ0n) is 55.8. The highest BCUT2D eigenvalue weighted by atomic mass is 16.3. The van der Waals surface area contributed by atoms with Crippen LogP contribution in [0, 0.1) is 41.4 Å². The van der Waals surface area contributed by atoms with E-state index in [1.807, 2.05) is 61.5 Å². The molecule has 1 fully saturated rings. The molecule has 0 aromatic carbocycles. The predicted molar refractivity (Wildman–Crippen MR) is 328 cm³/mol. The monoisotopic (exact) mass is 1200 g/mol. The average molecular weight is 1200 g/mol. The maximum absolute atomic E-state index is 15.1. The Bertz CT molecular complexity index is 2310. The molecule has 1 saturated heterocycles. The van der Waals surface area contributed by atoms with E-state index in [0.717, 1.165) is 9.80 Å². The molecule has 12 unspecified atom stereocenters. The van der Waals surface area contributed by atoms with Gasteiger partial charge in [-0.05, 0) is 101 Å². The molecule has 0 bridgehead atoms. The van der Waals surface area contributed by atoms with Gasteiger partial charge in [0.05, 0.1) is 12.6 Å². The van der Waals surface area contributed by atoms with Crippen LogP contribution in [0.2, 0.25) is 0 Å². The number of nitrogens with zero attached hydrogens (tertiary/aromatic N) is 6. The summed E-state index contributed by atoms with van der Waals surface area (Å²) in [4.78, 5) is 167. The molecule has 0 aromatic heterocycles. The maximum Gasteiger partial charge on any atom is 0.246 e. The summed E-state index contributed by atoms with van der Waals surface area (Å²) in [6, 6.07) is -12.4. The van der Waals surface area contributed by atoms with Crippen molar-refractivity contribution in [2.24, 2.45) is 41.4 Å². The van der Waals surface area contributed by atoms with E-state index in [0.29, 0.717) is 12.8 Å². The summed E-state index contributed by atoms with van der Waals surface area (Å²) in [5.41, 5.74) is 0. The summed E-state index contributed by atoms with van der Waals surface area (Å²) in [6.45, 7) is 29.4. The summed E-state index contributed by atoms with van der Waals surface area (Å²) >= 11 is 0. The molecular weight excluding hydrogens is 1090 g/mol. The Balaban J connectivity index is 4.30. The second-order valence-electron chi connectivity index (χ2n) is 26.1. The molecule has 85 heavy (non-hydrogen) atoms. The number of carbonyl (C=O) groups excluding carboxylic acids is 11. The van der Waals surface area contributed by atoms with Gasteiger partial charge in [-0.1, -0.05) is 116 Å². The highest BCUT2D eigenvalue weighted by Crippen LogP contribution is 2.24. The first-order valence-corrected chi connectivity index (χ1v) is 30.7. The molecule has 0 radical (unpaired) electrons. The number of aliphatic hydroxyl groups is 1. The van der Waals surface area contributed by atoms with Crippen molar-refractivity contribution < 1.29 is 57.8 Å². The number of hydrogen-bond acceptors (Lipinski definition) is 12. The number of allylic oxidation sites excluding steroid dienone is 2. The van der Waals surface area contributed by atoms with Gasteiger partial charge in [0.2, 0.25) is 65.0 Å². The second-order valence-corrected chi connectivity index (χ2v) is 26.1. The van der Waals surface area contributed by atoms with Gasteiger partial charge < -0.3 is 61.1 Å². The molecule has 1 aliphatic heterocycles. The molecule has 1 heterocycles. The van der Waals surface area contributed by atoms with E-state index in [4.69, 9.17) is 0 Å². The van der Waals surface area contributed by atoms with Gasteiger partial charge in [0.1, 0.15) is 60.4 Å². The van der Waals surface area contributed by atoms with Gasteiger partial charge in [-0.3, -0.25) is 52.7 Å². The van der Waals surface area contributed by atoms with Gasteiger partial charge in [-0.15, -0.1) is 0 Å². The molecule has 0 aliphatic carbocycles. The van der Waals surface area contributed by atoms with Crippen molar-refractivity contribution in [3.63, 3.8) is 0 Å². The van der Waals surface area contributed by atoms with Crippen LogP contribution in [0.5, 0.6) is 0 Å². The van der Waals surface area contributed by atoms with Crippen molar-refractivity contribution in [2.45, 2.75) is 229 Å². The van der Waals surface area contributed by atoms with Crippen LogP contribution in [0.4, 0.5) is 0 Å². The highest BCUT2D eigenvalue weighted by molar-refractivity contribution is 5.99. The Morgan fingerprint density at radius 2 is 0.906 bits per heavy atom. The lowest BCUT2D eigenvalue weighted by Gasteiger charge is -2.40. The first-order chi connectivity index (χ1) is 39.3. The van der Waals surface area contributed by atoms with E-state index in [-0.39, 0.29) is 55.8 Å². The Kier molecular flexibility index (Phi) is 32.1. The number of rotatable bonds is 16. The zero-order valence-corrected chi connectivity index (χ0v) is 55.8. The van der Waals surface area contributed by atoms with Crippen LogP contribution in [0.25, 0.3) is 0 Å². The predicted octanol–water partition coefficient (Wildman–Crippen LogP) is 3.32. The molecule has 0 saturated carbocycles. The van der Waals surface area contributed by atoms with Crippen LogP contribution >= 0.6 is 0 Å². The van der Waals surface area contributed by atoms with Crippen molar-refractivity contribution in [3.05, 3.63) is 12.2 Å². The SMILES string of the molecule is CC=CCC(C)C(O)C1C(=O)NC(CCC)C(=O)N(C)CC(=O)N(C)C(CC(C)C)C(=O)NC(C(C)C)C(=O)N(C)C(CC(C)C)C(=O)NC(C)C(=O)NC(C)C(=O)N(C)C(CC(C)C)C(=O)NC(CC(C)C)C(=O)N(C)C(C(C)C)C(=O)N1C. The molecule has 12 atom stereocenters. The van der Waals surface area contributed by atoms with Crippen LogP contribution in [-0.4, -0.2) is 215 Å². The van der Waals surface area contributed by atoms with Crippen LogP contribution in [0.3, 0.4) is 0 Å². The Hall–Kier alpha value is -6.13. The number of aliphatic hydroxyl groups excluding tert-OH is 1. The number of hydrogen-bond donors (Lipinski definition) is 6. The molecule has 486 valence electrons. The van der Waals surface area contributed by atoms with Crippen LogP contribution in [0.1, 0.15) is 163 Å². The molecule has 0 aromatic rings. The lowest BCUT2D eigenvalue weighted by atomic mass is 9.91. The second kappa shape index (κ2) is 35.5. The topological polar surface area (TPSA) is 288 Å². The molecule has 23 nitrogen and oxygen atoms in total. The van der Waals surface area contributed by atoms with E-state index in [1.165, 1.54) is 75.7 Å². The van der Waals surface area contributed by atoms with E-state index < -0.39 is 156 Å². The highest BCUT2D eigenvalue weighted by Gasteiger charge is 2.45. The van der Waals surface area contributed by atoms with Crippen LogP contribution in [-0.2, 0) is 52.7 Å². The quantitative estimate of drug-likeness (QED) is 0.121. The van der Waals surface area contributed by atoms with E-state index >= 15 is 4.79 Å². The summed E-state index contributed by atoms with van der Waals surface area (Å²) < 4.78 is 0. The minimum absolute atomic E-state index is 0.0918. The average Bonchev–Trinajstić information content (AvgIpc) is 3.41. The number of nitrogens with one attached hydrogen (secondary N) is 5. The lowest BCUT2D eigenvalue weighted by Crippen LogP contribution is -2.63. The third-order valence-electron chi connectivity index (χ3n) is 15.8. The maximum atomic E-state index is 15.1. The fraction of sp³-hybridized carbons (Fsp3) is 0.790. The van der Waals surface area contributed by atoms with Crippen molar-refractivity contribution in [1.29, 1.82) is 0 Å². The molecule has 11 amide bonds. The van der Waals surface area contributed by atoms with Gasteiger partial charge in [0, 0.05) is 42.3 Å². The van der Waals surface area contributed by atoms with E-state index in [9.17, 15) is 53.1 Å². The standard InChI is InChI=1S/C62H111N11O12/c1-24-26-28-40(15)52(75)51-57(80)65-43(27-25-2)59(82)68(18)33-48(74)69(19)45(30-35(5)6)56(79)67-49(38(11)12)61(84)71(21)46(31-36(7)8)54(77)63-41(16)53(76)64-42(17)58(81)70(20)47(32-37(9)10)55(78)66-44(29-34(3)4)60(83)72(22)50(39(13)14)62(85)73(51)23/h24,26,34-47,49-52,75H,25,27-33H2,1-23H3,(H,63,77)(H,64,76)(H,65,80)(H,66,78)(H,67,79). The third kappa shape index (κ3) is 22.6. The van der Waals surface area contributed by atoms with E-state index in [2.05, 4.69) is 26.6 Å². The molecule has 1 aliphatic rings. The minimum Gasteiger partial charge on any atom is -0.390 e. The molecule has 6 N–H and O–H groups in total. The summed E-state index contributed by atoms with van der Waals surface area (Å²) in [6.07, 6.45) is 3.47. The van der Waals surface area contributed by atoms with Crippen LogP contribution < -0.4 is 26.6 Å². The minimum atomic E-state index is -1.61. The number of amides is 11. The summed E-state index contributed by atoms with van der Waals surface area (Å²) in [5.74, 6) is -9.82. The number of likely N-dealkylation sites (N-methyl/N-ethyl adjacent to an activating group) is 6. The van der Waals surface area contributed by atoms with Gasteiger partial charge in [0.15, 0.2) is 0 Å². The van der Waals surface area contributed by atoms with Gasteiger partial charge in [0.25, 0.3) is 0 Å². The van der Waals surface area contributed by atoms with Gasteiger partial charge in [-0.25, -0.2) is 0 Å². The zero-order chi connectivity index (χ0) is 65.8. The molecule has 23 heteroatoms. The van der Waals surface area contributed by atoms with Crippen LogP contribution in [0.15, 0.2) is 12.2 Å². The largest absolute Gasteiger partial charge is 0.390 e. The first-order valence-electron chi connectivity index (χ1n) is 30.7. The summed E-state index contributed by atoms with van der Waals surface area (Å²) in [7, 11) is 8.43. The Labute approximate surface area is 508 Å². The Morgan fingerprint density at radius 3 is 1.36 bits per heavy atom. The smallest absolute Gasteiger partial charge is 0.246 e. The van der Waals surface area contributed by atoms with Gasteiger partial charge in [-0.2, -0.15) is 0 Å². The Morgan fingerprint density at radius 1 is 0.471 bits per heavy atom. The fourth-order valence-electron chi connectivity index (χ4n) is 10.6. The number of carbonyl (C=O) groups is 11. The van der Waals surface area contributed by atoms with Gasteiger partial charge >= 0.3 is 0 Å². The van der Waals surface area contributed by atoms with Crippen molar-refractivity contribution >= 4 is 65.0 Å². The van der Waals surface area contributed by atoms with Crippen molar-refractivity contribution in [1.82, 2.24) is 56.0 Å². The molecule has 0 spiro atoms. The third-order valence-corrected chi connectivity index (χ3v) is 15.8.